The van der Waals surface area contributed by atoms with E-state index >= 15 is 0 Å². The number of aromatic nitrogens is 3. The molecular formula is C13H17BrN4. The molecular weight excluding hydrogens is 292 g/mol. The van der Waals surface area contributed by atoms with E-state index in [0.29, 0.717) is 0 Å². The molecule has 0 spiro atoms. The van der Waals surface area contributed by atoms with Gasteiger partial charge in [-0.1, -0.05) is 0 Å². The van der Waals surface area contributed by atoms with Crippen LogP contribution in [0.2, 0.25) is 0 Å². The van der Waals surface area contributed by atoms with Crippen molar-refractivity contribution in [2.24, 2.45) is 5.73 Å². The van der Waals surface area contributed by atoms with E-state index in [4.69, 9.17) is 5.73 Å². The first-order valence-electron chi connectivity index (χ1n) is 5.91. The second-order valence-electron chi connectivity index (χ2n) is 4.58. The van der Waals surface area contributed by atoms with Crippen LogP contribution in [0.25, 0.3) is 5.82 Å². The molecule has 96 valence electrons. The van der Waals surface area contributed by atoms with Crippen LogP contribution in [-0.2, 0) is 6.42 Å². The van der Waals surface area contributed by atoms with Crippen LogP contribution in [0, 0.1) is 13.8 Å². The molecule has 0 bridgehead atoms. The lowest BCUT2D eigenvalue weighted by atomic mass is 10.1. The van der Waals surface area contributed by atoms with E-state index in [1.807, 2.05) is 30.7 Å². The fourth-order valence-electron chi connectivity index (χ4n) is 2.01. The lowest BCUT2D eigenvalue weighted by Gasteiger charge is -2.06. The van der Waals surface area contributed by atoms with Crippen molar-refractivity contribution in [2.45, 2.75) is 33.2 Å². The van der Waals surface area contributed by atoms with Crippen molar-refractivity contribution in [3.63, 3.8) is 0 Å². The summed E-state index contributed by atoms with van der Waals surface area (Å²) in [7, 11) is 0. The summed E-state index contributed by atoms with van der Waals surface area (Å²) in [5.74, 6) is 0.828. The van der Waals surface area contributed by atoms with Gasteiger partial charge in [-0.25, -0.2) is 9.67 Å². The standard InChI is InChI=1S/C13H17BrN4/c1-8(15)6-12-9(2)17-18(10(12)3)13-5-4-11(14)7-16-13/h4-5,7-8H,6,15H2,1-3H3. The van der Waals surface area contributed by atoms with Crippen molar-refractivity contribution in [1.29, 1.82) is 0 Å². The average molecular weight is 309 g/mol. The molecule has 0 saturated carbocycles. The Bertz CT molecular complexity index is 543. The number of hydrogen-bond acceptors (Lipinski definition) is 3. The maximum atomic E-state index is 5.87. The van der Waals surface area contributed by atoms with Crippen LogP contribution < -0.4 is 5.73 Å². The third-order valence-electron chi connectivity index (χ3n) is 2.90. The van der Waals surface area contributed by atoms with Crippen LogP contribution in [0.4, 0.5) is 0 Å². The van der Waals surface area contributed by atoms with Gasteiger partial charge in [-0.3, -0.25) is 0 Å². The van der Waals surface area contributed by atoms with Crippen LogP contribution in [0.3, 0.4) is 0 Å². The van der Waals surface area contributed by atoms with Gasteiger partial charge in [0.25, 0.3) is 0 Å². The van der Waals surface area contributed by atoms with Crippen molar-refractivity contribution >= 4 is 15.9 Å². The summed E-state index contributed by atoms with van der Waals surface area (Å²) in [6.45, 7) is 6.08. The molecule has 4 nitrogen and oxygen atoms in total. The highest BCUT2D eigenvalue weighted by molar-refractivity contribution is 9.10. The zero-order valence-corrected chi connectivity index (χ0v) is 12.4. The number of halogens is 1. The lowest BCUT2D eigenvalue weighted by Crippen LogP contribution is -2.18. The van der Waals surface area contributed by atoms with Crippen LogP contribution in [-0.4, -0.2) is 20.8 Å². The molecule has 0 aliphatic rings. The van der Waals surface area contributed by atoms with Gasteiger partial charge in [-0.15, -0.1) is 0 Å². The van der Waals surface area contributed by atoms with E-state index in [1.165, 1.54) is 5.56 Å². The van der Waals surface area contributed by atoms with Gasteiger partial charge in [0, 0.05) is 22.4 Å². The second kappa shape index (κ2) is 5.20. The van der Waals surface area contributed by atoms with Crippen molar-refractivity contribution < 1.29 is 0 Å². The third-order valence-corrected chi connectivity index (χ3v) is 3.37. The van der Waals surface area contributed by atoms with Crippen molar-refractivity contribution in [3.8, 4) is 5.82 Å². The molecule has 2 N–H and O–H groups in total. The van der Waals surface area contributed by atoms with E-state index in [9.17, 15) is 0 Å². The van der Waals surface area contributed by atoms with E-state index in [2.05, 4.69) is 32.9 Å². The van der Waals surface area contributed by atoms with Crippen LogP contribution in [0.5, 0.6) is 0 Å². The maximum Gasteiger partial charge on any atom is 0.153 e. The fourth-order valence-corrected chi connectivity index (χ4v) is 2.24. The first-order chi connectivity index (χ1) is 8.49. The number of aryl methyl sites for hydroxylation is 1. The Morgan fingerprint density at radius 1 is 1.39 bits per heavy atom. The second-order valence-corrected chi connectivity index (χ2v) is 5.49. The van der Waals surface area contributed by atoms with Crippen molar-refractivity contribution in [1.82, 2.24) is 14.8 Å². The van der Waals surface area contributed by atoms with Gasteiger partial charge in [-0.05, 0) is 60.8 Å². The molecule has 1 unspecified atom stereocenters. The third kappa shape index (κ3) is 2.62. The summed E-state index contributed by atoms with van der Waals surface area (Å²) >= 11 is 3.38. The quantitative estimate of drug-likeness (QED) is 0.948. The first-order valence-corrected chi connectivity index (χ1v) is 6.71. The minimum atomic E-state index is 0.137. The average Bonchev–Trinajstić information content (AvgIpc) is 2.58. The molecule has 2 aromatic heterocycles. The first kappa shape index (κ1) is 13.2. The topological polar surface area (TPSA) is 56.7 Å². The highest BCUT2D eigenvalue weighted by Crippen LogP contribution is 2.19. The molecule has 5 heteroatoms. The summed E-state index contributed by atoms with van der Waals surface area (Å²) in [5.41, 5.74) is 9.22. The Labute approximate surface area is 115 Å². The summed E-state index contributed by atoms with van der Waals surface area (Å²) < 4.78 is 2.84. The van der Waals surface area contributed by atoms with Gasteiger partial charge < -0.3 is 5.73 Å². The molecule has 0 fully saturated rings. The summed E-state index contributed by atoms with van der Waals surface area (Å²) in [6.07, 6.45) is 2.62. The summed E-state index contributed by atoms with van der Waals surface area (Å²) in [6, 6.07) is 4.04. The van der Waals surface area contributed by atoms with E-state index < -0.39 is 0 Å². The fraction of sp³-hybridized carbons (Fsp3) is 0.385. The minimum Gasteiger partial charge on any atom is -0.328 e. The zero-order chi connectivity index (χ0) is 13.3. The largest absolute Gasteiger partial charge is 0.328 e. The van der Waals surface area contributed by atoms with Gasteiger partial charge in [-0.2, -0.15) is 5.10 Å². The van der Waals surface area contributed by atoms with Gasteiger partial charge in [0.15, 0.2) is 5.82 Å². The van der Waals surface area contributed by atoms with Crippen molar-refractivity contribution in [2.75, 3.05) is 0 Å². The van der Waals surface area contributed by atoms with Crippen LogP contribution in [0.15, 0.2) is 22.8 Å². The number of nitrogens with two attached hydrogens (primary N) is 1. The molecule has 2 aromatic rings. The molecule has 1 atom stereocenters. The molecule has 0 aliphatic carbocycles. The monoisotopic (exact) mass is 308 g/mol. The summed E-state index contributed by atoms with van der Waals surface area (Å²) in [4.78, 5) is 4.37. The number of rotatable bonds is 3. The van der Waals surface area contributed by atoms with E-state index in [1.54, 1.807) is 6.20 Å². The van der Waals surface area contributed by atoms with E-state index in [0.717, 1.165) is 28.1 Å². The van der Waals surface area contributed by atoms with Crippen LogP contribution >= 0.6 is 15.9 Å². The van der Waals surface area contributed by atoms with Gasteiger partial charge in [0.1, 0.15) is 0 Å². The number of hydrogen-bond donors (Lipinski definition) is 1. The van der Waals surface area contributed by atoms with E-state index in [-0.39, 0.29) is 6.04 Å². The molecule has 2 heterocycles. The Kier molecular flexibility index (Phi) is 3.82. The summed E-state index contributed by atoms with van der Waals surface area (Å²) in [5, 5.41) is 4.55. The molecule has 0 aliphatic heterocycles. The smallest absolute Gasteiger partial charge is 0.153 e. The van der Waals surface area contributed by atoms with Gasteiger partial charge in [0.2, 0.25) is 0 Å². The number of nitrogens with zero attached hydrogens (tertiary/aromatic N) is 3. The Morgan fingerprint density at radius 2 is 2.11 bits per heavy atom. The Hall–Kier alpha value is -1.20. The van der Waals surface area contributed by atoms with Crippen molar-refractivity contribution in [3.05, 3.63) is 39.8 Å². The molecule has 0 amide bonds. The molecule has 0 radical (unpaired) electrons. The van der Waals surface area contributed by atoms with Gasteiger partial charge in [0.05, 0.1) is 5.69 Å². The molecule has 2 rings (SSSR count). The minimum absolute atomic E-state index is 0.137. The molecule has 0 saturated heterocycles. The van der Waals surface area contributed by atoms with Crippen LogP contribution in [0.1, 0.15) is 23.9 Å². The highest BCUT2D eigenvalue weighted by Gasteiger charge is 2.14. The molecule has 18 heavy (non-hydrogen) atoms. The predicted molar refractivity (Wildman–Crippen MR) is 75.9 cm³/mol. The Morgan fingerprint density at radius 3 is 2.67 bits per heavy atom. The molecule has 0 aromatic carbocycles. The highest BCUT2D eigenvalue weighted by atomic mass is 79.9. The zero-order valence-electron chi connectivity index (χ0n) is 10.8. The van der Waals surface area contributed by atoms with Gasteiger partial charge >= 0.3 is 0 Å². The predicted octanol–water partition coefficient (Wildman–Crippen LogP) is 2.54. The number of pyridine rings is 1. The SMILES string of the molecule is Cc1nn(-c2ccc(Br)cn2)c(C)c1CC(C)N. The lowest BCUT2D eigenvalue weighted by molar-refractivity contribution is 0.730. The normalized spacial score (nSPS) is 12.7. The maximum absolute atomic E-state index is 5.87. The Balaban J connectivity index is 2.43.